The number of benzene rings is 2. The van der Waals surface area contributed by atoms with E-state index in [-0.39, 0.29) is 12.5 Å². The number of aliphatic hydroxyl groups is 1. The zero-order chi connectivity index (χ0) is 15.9. The molecule has 0 radical (unpaired) electrons. The first-order valence-corrected chi connectivity index (χ1v) is 6.96. The van der Waals surface area contributed by atoms with Crippen LogP contribution in [0.3, 0.4) is 0 Å². The van der Waals surface area contributed by atoms with E-state index < -0.39 is 12.0 Å². The van der Waals surface area contributed by atoms with Crippen molar-refractivity contribution >= 4 is 11.8 Å². The molecule has 114 valence electrons. The molecule has 0 aliphatic carbocycles. The van der Waals surface area contributed by atoms with E-state index in [0.29, 0.717) is 17.5 Å². The number of hydrogen-bond donors (Lipinski definition) is 3. The Bertz CT molecular complexity index is 639. The first kappa shape index (κ1) is 15.7. The minimum Gasteiger partial charge on any atom is -0.391 e. The van der Waals surface area contributed by atoms with Crippen molar-refractivity contribution in [2.75, 3.05) is 6.54 Å². The maximum atomic E-state index is 11.9. The molecule has 0 bridgehead atoms. The number of nitrogens with one attached hydrogen (secondary N) is 1. The second-order valence-corrected chi connectivity index (χ2v) is 5.00. The number of nitrogens with two attached hydrogens (primary N) is 1. The van der Waals surface area contributed by atoms with Gasteiger partial charge in [-0.15, -0.1) is 0 Å². The van der Waals surface area contributed by atoms with Crippen LogP contribution in [0.25, 0.3) is 0 Å². The number of carbonyl (C=O) groups is 2. The molecule has 0 spiro atoms. The largest absolute Gasteiger partial charge is 0.391 e. The molecular weight excluding hydrogens is 280 g/mol. The van der Waals surface area contributed by atoms with Crippen LogP contribution in [-0.4, -0.2) is 29.6 Å². The van der Waals surface area contributed by atoms with Crippen molar-refractivity contribution < 1.29 is 14.7 Å². The van der Waals surface area contributed by atoms with Crippen LogP contribution >= 0.6 is 0 Å². The molecule has 4 N–H and O–H groups in total. The van der Waals surface area contributed by atoms with Gasteiger partial charge in [0.05, 0.1) is 6.10 Å². The topological polar surface area (TPSA) is 92.4 Å². The quantitative estimate of drug-likeness (QED) is 0.746. The smallest absolute Gasteiger partial charge is 0.251 e. The van der Waals surface area contributed by atoms with E-state index in [1.807, 2.05) is 30.3 Å². The Morgan fingerprint density at radius 2 is 1.59 bits per heavy atom. The Morgan fingerprint density at radius 1 is 1.00 bits per heavy atom. The van der Waals surface area contributed by atoms with Crippen molar-refractivity contribution in [1.82, 2.24) is 5.32 Å². The third kappa shape index (κ3) is 4.43. The fourth-order valence-corrected chi connectivity index (χ4v) is 2.06. The summed E-state index contributed by atoms with van der Waals surface area (Å²) in [6.07, 6.45) is -0.182. The van der Waals surface area contributed by atoms with Crippen LogP contribution in [0.4, 0.5) is 0 Å². The molecular formula is C17H18N2O3. The van der Waals surface area contributed by atoms with Crippen molar-refractivity contribution in [1.29, 1.82) is 0 Å². The van der Waals surface area contributed by atoms with E-state index in [9.17, 15) is 14.7 Å². The summed E-state index contributed by atoms with van der Waals surface area (Å²) in [5.74, 6) is -0.839. The van der Waals surface area contributed by atoms with Crippen LogP contribution in [0.5, 0.6) is 0 Å². The predicted molar refractivity (Wildman–Crippen MR) is 83.4 cm³/mol. The highest BCUT2D eigenvalue weighted by Crippen LogP contribution is 2.05. The fraction of sp³-hybridized carbons (Fsp3) is 0.176. The first-order chi connectivity index (χ1) is 10.6. The average Bonchev–Trinajstić information content (AvgIpc) is 2.53. The van der Waals surface area contributed by atoms with Crippen LogP contribution < -0.4 is 11.1 Å². The molecule has 22 heavy (non-hydrogen) atoms. The van der Waals surface area contributed by atoms with E-state index in [1.54, 1.807) is 0 Å². The molecule has 0 saturated heterocycles. The number of rotatable bonds is 6. The lowest BCUT2D eigenvalue weighted by molar-refractivity contribution is 0.0914. The highest BCUT2D eigenvalue weighted by atomic mass is 16.3. The number of primary amides is 1. The van der Waals surface area contributed by atoms with Gasteiger partial charge in [0, 0.05) is 24.1 Å². The van der Waals surface area contributed by atoms with Gasteiger partial charge in [0.15, 0.2) is 0 Å². The summed E-state index contributed by atoms with van der Waals surface area (Å²) in [5, 5.41) is 12.6. The van der Waals surface area contributed by atoms with Crippen molar-refractivity contribution in [3.05, 3.63) is 71.3 Å². The van der Waals surface area contributed by atoms with Gasteiger partial charge in [-0.3, -0.25) is 9.59 Å². The Hall–Kier alpha value is -2.66. The van der Waals surface area contributed by atoms with E-state index in [0.717, 1.165) is 5.56 Å². The maximum absolute atomic E-state index is 11.9. The molecule has 1 atom stereocenters. The summed E-state index contributed by atoms with van der Waals surface area (Å²) in [6, 6.07) is 15.6. The summed E-state index contributed by atoms with van der Waals surface area (Å²) < 4.78 is 0. The van der Waals surface area contributed by atoms with Gasteiger partial charge >= 0.3 is 0 Å². The lowest BCUT2D eigenvalue weighted by Gasteiger charge is -2.12. The Balaban J connectivity index is 1.85. The number of amides is 2. The molecule has 0 aromatic heterocycles. The lowest BCUT2D eigenvalue weighted by Crippen LogP contribution is -2.33. The minimum absolute atomic E-state index is 0.158. The van der Waals surface area contributed by atoms with Gasteiger partial charge in [0.2, 0.25) is 5.91 Å². The molecule has 0 fully saturated rings. The summed E-state index contributed by atoms with van der Waals surface area (Å²) >= 11 is 0. The summed E-state index contributed by atoms with van der Waals surface area (Å²) in [7, 11) is 0. The molecule has 5 nitrogen and oxygen atoms in total. The molecule has 2 aromatic carbocycles. The molecule has 0 aliphatic rings. The minimum atomic E-state index is -0.656. The second kappa shape index (κ2) is 7.38. The van der Waals surface area contributed by atoms with Crippen LogP contribution in [0.2, 0.25) is 0 Å². The molecule has 0 aliphatic heterocycles. The van der Waals surface area contributed by atoms with Crippen LogP contribution in [0.1, 0.15) is 26.3 Å². The van der Waals surface area contributed by atoms with Gasteiger partial charge in [-0.2, -0.15) is 0 Å². The van der Waals surface area contributed by atoms with Crippen LogP contribution in [-0.2, 0) is 6.42 Å². The average molecular weight is 298 g/mol. The molecule has 2 aromatic rings. The Kier molecular flexibility index (Phi) is 5.27. The van der Waals surface area contributed by atoms with Crippen LogP contribution in [0.15, 0.2) is 54.6 Å². The van der Waals surface area contributed by atoms with E-state index in [1.165, 1.54) is 24.3 Å². The molecule has 2 rings (SSSR count). The molecule has 2 amide bonds. The number of hydrogen-bond acceptors (Lipinski definition) is 3. The first-order valence-electron chi connectivity index (χ1n) is 6.96. The predicted octanol–water partition coefficient (Wildman–Crippen LogP) is 1.12. The summed E-state index contributed by atoms with van der Waals surface area (Å²) in [6.45, 7) is 0.158. The molecule has 0 heterocycles. The van der Waals surface area contributed by atoms with Crippen molar-refractivity contribution in [2.45, 2.75) is 12.5 Å². The standard InChI is InChI=1S/C17H18N2O3/c18-16(21)13-6-8-14(9-7-13)17(22)19-11-15(20)10-12-4-2-1-3-5-12/h1-9,15,20H,10-11H2,(H2,18,21)(H,19,22). The highest BCUT2D eigenvalue weighted by molar-refractivity contribution is 5.97. The van der Waals surface area contributed by atoms with Gasteiger partial charge in [-0.25, -0.2) is 0 Å². The van der Waals surface area contributed by atoms with E-state index in [2.05, 4.69) is 5.32 Å². The van der Waals surface area contributed by atoms with Crippen molar-refractivity contribution in [3.63, 3.8) is 0 Å². The third-order valence-electron chi connectivity index (χ3n) is 3.24. The zero-order valence-electron chi connectivity index (χ0n) is 12.0. The monoisotopic (exact) mass is 298 g/mol. The van der Waals surface area contributed by atoms with Gasteiger partial charge < -0.3 is 16.2 Å². The van der Waals surface area contributed by atoms with Gasteiger partial charge in [-0.1, -0.05) is 30.3 Å². The number of carbonyl (C=O) groups excluding carboxylic acids is 2. The molecule has 5 heteroatoms. The highest BCUT2D eigenvalue weighted by Gasteiger charge is 2.10. The van der Waals surface area contributed by atoms with Crippen molar-refractivity contribution in [3.8, 4) is 0 Å². The third-order valence-corrected chi connectivity index (χ3v) is 3.24. The zero-order valence-corrected chi connectivity index (χ0v) is 12.0. The summed E-state index contributed by atoms with van der Waals surface area (Å²) in [4.78, 5) is 22.9. The number of aliphatic hydroxyl groups excluding tert-OH is 1. The Labute approximate surface area is 128 Å². The summed E-state index contributed by atoms with van der Waals surface area (Å²) in [5.41, 5.74) is 6.91. The van der Waals surface area contributed by atoms with Crippen molar-refractivity contribution in [2.24, 2.45) is 5.73 Å². The molecule has 0 saturated carbocycles. The van der Waals surface area contributed by atoms with Gasteiger partial charge in [0.25, 0.3) is 5.91 Å². The van der Waals surface area contributed by atoms with Gasteiger partial charge in [-0.05, 0) is 29.8 Å². The van der Waals surface area contributed by atoms with E-state index in [4.69, 9.17) is 5.73 Å². The molecule has 1 unspecified atom stereocenters. The van der Waals surface area contributed by atoms with Crippen LogP contribution in [0, 0.1) is 0 Å². The fourth-order valence-electron chi connectivity index (χ4n) is 2.06. The normalized spacial score (nSPS) is 11.7. The van der Waals surface area contributed by atoms with E-state index >= 15 is 0 Å². The second-order valence-electron chi connectivity index (χ2n) is 5.00. The lowest BCUT2D eigenvalue weighted by atomic mass is 10.1. The Morgan fingerprint density at radius 3 is 2.18 bits per heavy atom. The maximum Gasteiger partial charge on any atom is 0.251 e. The van der Waals surface area contributed by atoms with Gasteiger partial charge in [0.1, 0.15) is 0 Å². The SMILES string of the molecule is NC(=O)c1ccc(C(=O)NCC(O)Cc2ccccc2)cc1.